The largest absolute Gasteiger partial charge is 0.354 e. The Kier molecular flexibility index (Phi) is 4.36. The second-order valence-electron chi connectivity index (χ2n) is 4.96. The number of hydrogen-bond donors (Lipinski definition) is 1. The van der Waals surface area contributed by atoms with Crippen LogP contribution in [-0.2, 0) is 10.0 Å². The van der Waals surface area contributed by atoms with Crippen LogP contribution in [0.4, 0.5) is 0 Å². The van der Waals surface area contributed by atoms with Crippen molar-refractivity contribution in [3.05, 3.63) is 29.8 Å². The number of sulfonamides is 1. The Morgan fingerprint density at radius 2 is 2.10 bits per heavy atom. The molecule has 3 rings (SSSR count). The highest BCUT2D eigenvalue weighted by Crippen LogP contribution is 2.28. The smallest absolute Gasteiger partial charge is 0.285 e. The summed E-state index contributed by atoms with van der Waals surface area (Å²) in [6.07, 6.45) is 2.17. The summed E-state index contributed by atoms with van der Waals surface area (Å²) < 4.78 is 28.0. The van der Waals surface area contributed by atoms with Crippen LogP contribution in [0.25, 0.3) is 0 Å². The number of rotatable bonds is 1. The second kappa shape index (κ2) is 5.71. The van der Waals surface area contributed by atoms with Gasteiger partial charge in [-0.15, -0.1) is 16.8 Å². The summed E-state index contributed by atoms with van der Waals surface area (Å²) in [5.74, 6) is 0.607. The van der Waals surface area contributed by atoms with Gasteiger partial charge in [0.2, 0.25) is 0 Å². The van der Waals surface area contributed by atoms with Crippen molar-refractivity contribution in [3.8, 4) is 0 Å². The highest BCUT2D eigenvalue weighted by atomic mass is 35.5. The first kappa shape index (κ1) is 15.3. The molecule has 1 fully saturated rings. The molecule has 5 nitrogen and oxygen atoms in total. The van der Waals surface area contributed by atoms with Crippen LogP contribution >= 0.6 is 12.4 Å². The van der Waals surface area contributed by atoms with E-state index in [9.17, 15) is 8.42 Å². The van der Waals surface area contributed by atoms with Crippen LogP contribution in [-0.4, -0.2) is 45.3 Å². The van der Waals surface area contributed by atoms with Crippen LogP contribution in [0.5, 0.6) is 0 Å². The van der Waals surface area contributed by atoms with Gasteiger partial charge in [-0.2, -0.15) is 8.42 Å². The number of likely N-dealkylation sites (tertiary alicyclic amines) is 1. The van der Waals surface area contributed by atoms with Gasteiger partial charge < -0.3 is 10.2 Å². The first-order chi connectivity index (χ1) is 9.12. The Hall–Kier alpha value is -1.11. The third-order valence-electron chi connectivity index (χ3n) is 3.74. The molecule has 1 saturated heterocycles. The molecule has 2 aliphatic heterocycles. The summed E-state index contributed by atoms with van der Waals surface area (Å²) in [6, 6.07) is 7.45. The third-order valence-corrected chi connectivity index (χ3v) is 5.07. The quantitative estimate of drug-likeness (QED) is 0.847. The van der Waals surface area contributed by atoms with E-state index >= 15 is 0 Å². The third kappa shape index (κ3) is 2.55. The average Bonchev–Trinajstić information content (AvgIpc) is 2.72. The van der Waals surface area contributed by atoms with Crippen molar-refractivity contribution in [2.45, 2.75) is 23.8 Å². The van der Waals surface area contributed by atoms with E-state index in [1.54, 1.807) is 12.1 Å². The summed E-state index contributed by atoms with van der Waals surface area (Å²) in [4.78, 5) is 2.41. The zero-order valence-corrected chi connectivity index (χ0v) is 12.9. The average molecular weight is 316 g/mol. The second-order valence-corrected chi connectivity index (χ2v) is 6.53. The number of hydrogen-bond acceptors (Lipinski definition) is 4. The minimum atomic E-state index is -3.50. The molecule has 0 spiro atoms. The lowest BCUT2D eigenvalue weighted by Crippen LogP contribution is -2.46. The lowest BCUT2D eigenvalue weighted by molar-refractivity contribution is 0.286. The maximum Gasteiger partial charge on any atom is 0.285 e. The molecule has 1 N–H and O–H groups in total. The molecule has 110 valence electrons. The Balaban J connectivity index is 0.00000147. The molecule has 7 heteroatoms. The van der Waals surface area contributed by atoms with Crippen LogP contribution < -0.4 is 5.32 Å². The number of halogens is 1. The standard InChI is InChI=1S/C13H17N3O2S.ClH/c1-14-10-5-4-8-16(9-10)13-11-6-2-3-7-12(11)19(17,18)15-13;/h2-3,6-7,10,14H,4-5,8-9H2,1H3;1H. The summed E-state index contributed by atoms with van der Waals surface area (Å²) in [7, 11) is -1.56. The summed E-state index contributed by atoms with van der Waals surface area (Å²) in [5.41, 5.74) is 0.735. The highest BCUT2D eigenvalue weighted by Gasteiger charge is 2.33. The molecule has 1 aromatic carbocycles. The molecule has 0 aromatic heterocycles. The molecule has 0 aliphatic carbocycles. The van der Waals surface area contributed by atoms with Crippen LogP contribution in [0.15, 0.2) is 33.6 Å². The van der Waals surface area contributed by atoms with E-state index < -0.39 is 10.0 Å². The van der Waals surface area contributed by atoms with Crippen molar-refractivity contribution in [2.75, 3.05) is 20.1 Å². The first-order valence-electron chi connectivity index (χ1n) is 6.48. The fourth-order valence-corrected chi connectivity index (χ4v) is 3.95. The van der Waals surface area contributed by atoms with E-state index in [2.05, 4.69) is 14.6 Å². The summed E-state index contributed by atoms with van der Waals surface area (Å²) in [6.45, 7) is 1.67. The number of piperidine rings is 1. The molecule has 0 bridgehead atoms. The zero-order chi connectivity index (χ0) is 13.5. The lowest BCUT2D eigenvalue weighted by atomic mass is 10.0. The Morgan fingerprint density at radius 1 is 1.35 bits per heavy atom. The summed E-state index contributed by atoms with van der Waals surface area (Å²) in [5, 5.41) is 3.26. The monoisotopic (exact) mass is 315 g/mol. The van der Waals surface area contributed by atoms with Crippen LogP contribution in [0, 0.1) is 0 Å². The van der Waals surface area contributed by atoms with Gasteiger partial charge in [0.15, 0.2) is 5.84 Å². The molecule has 1 atom stereocenters. The SMILES string of the molecule is CNC1CCCN(C2=NS(=O)(=O)c3ccccc32)C1.Cl. The Bertz CT molecular complexity index is 630. The minimum absolute atomic E-state index is 0. The van der Waals surface area contributed by atoms with Gasteiger partial charge in [-0.25, -0.2) is 0 Å². The topological polar surface area (TPSA) is 61.8 Å². The summed E-state index contributed by atoms with van der Waals surface area (Å²) >= 11 is 0. The van der Waals surface area contributed by atoms with Crippen molar-refractivity contribution >= 4 is 28.3 Å². The van der Waals surface area contributed by atoms with Gasteiger partial charge in [0.05, 0.1) is 0 Å². The number of nitrogens with zero attached hydrogens (tertiary/aromatic N) is 2. The fourth-order valence-electron chi connectivity index (χ4n) is 2.72. The Morgan fingerprint density at radius 3 is 2.85 bits per heavy atom. The fraction of sp³-hybridized carbons (Fsp3) is 0.462. The van der Waals surface area contributed by atoms with Gasteiger partial charge in [0, 0.05) is 24.7 Å². The first-order valence-corrected chi connectivity index (χ1v) is 7.92. The molecule has 0 amide bonds. The van der Waals surface area contributed by atoms with Crippen LogP contribution in [0.1, 0.15) is 18.4 Å². The molecule has 1 aromatic rings. The number of likely N-dealkylation sites (N-methyl/N-ethyl adjacent to an activating group) is 1. The zero-order valence-electron chi connectivity index (χ0n) is 11.2. The predicted molar refractivity (Wildman–Crippen MR) is 81.1 cm³/mol. The van der Waals surface area contributed by atoms with Crippen molar-refractivity contribution in [3.63, 3.8) is 0 Å². The highest BCUT2D eigenvalue weighted by molar-refractivity contribution is 7.90. The van der Waals surface area contributed by atoms with Gasteiger partial charge in [-0.1, -0.05) is 12.1 Å². The maximum absolute atomic E-state index is 12.0. The molecule has 1 unspecified atom stereocenters. The Labute approximate surface area is 125 Å². The predicted octanol–water partition coefficient (Wildman–Crippen LogP) is 1.24. The van der Waals surface area contributed by atoms with Crippen LogP contribution in [0.2, 0.25) is 0 Å². The van der Waals surface area contributed by atoms with Gasteiger partial charge in [0.1, 0.15) is 4.90 Å². The number of amidine groups is 1. The lowest BCUT2D eigenvalue weighted by Gasteiger charge is -2.33. The van der Waals surface area contributed by atoms with E-state index in [0.717, 1.165) is 31.5 Å². The van der Waals surface area contributed by atoms with E-state index in [1.165, 1.54) is 0 Å². The number of benzene rings is 1. The molecule has 2 heterocycles. The molecular weight excluding hydrogens is 298 g/mol. The van der Waals surface area contributed by atoms with Gasteiger partial charge in [-0.05, 0) is 32.0 Å². The molecule has 20 heavy (non-hydrogen) atoms. The van der Waals surface area contributed by atoms with E-state index in [4.69, 9.17) is 0 Å². The number of nitrogens with one attached hydrogen (secondary N) is 1. The van der Waals surface area contributed by atoms with Crippen LogP contribution in [0.3, 0.4) is 0 Å². The van der Waals surface area contributed by atoms with Crippen molar-refractivity contribution in [1.82, 2.24) is 10.2 Å². The van der Waals surface area contributed by atoms with Crippen molar-refractivity contribution in [2.24, 2.45) is 4.40 Å². The molecule has 2 aliphatic rings. The van der Waals surface area contributed by atoms with Gasteiger partial charge >= 0.3 is 0 Å². The molecular formula is C13H18ClN3O2S. The molecule has 0 radical (unpaired) electrons. The minimum Gasteiger partial charge on any atom is -0.354 e. The normalized spacial score (nSPS) is 23.8. The van der Waals surface area contributed by atoms with Crippen molar-refractivity contribution < 1.29 is 8.42 Å². The van der Waals surface area contributed by atoms with Crippen molar-refractivity contribution in [1.29, 1.82) is 0 Å². The van der Waals surface area contributed by atoms with Gasteiger partial charge in [-0.3, -0.25) is 0 Å². The van der Waals surface area contributed by atoms with E-state index in [-0.39, 0.29) is 12.4 Å². The number of fused-ring (bicyclic) bond motifs is 1. The van der Waals surface area contributed by atoms with E-state index in [0.29, 0.717) is 16.8 Å². The van der Waals surface area contributed by atoms with E-state index in [1.807, 2.05) is 19.2 Å². The van der Waals surface area contributed by atoms with Gasteiger partial charge in [0.25, 0.3) is 10.0 Å². The molecule has 0 saturated carbocycles. The maximum atomic E-state index is 12.0.